The molecule has 2 amide bonds. The Morgan fingerprint density at radius 3 is 2.48 bits per heavy atom. The fraction of sp³-hybridized carbons (Fsp3) is 0.714. The SMILES string of the molecule is CC(=O)N1CCC(N[C@@H]2C[C@@H]2c2cc(C(=O)NC3CCC(F)(F)CC3)cs2)CC1. The average molecular weight is 426 g/mol. The Balaban J connectivity index is 1.23. The van der Waals surface area contributed by atoms with Crippen LogP contribution in [0.25, 0.3) is 0 Å². The molecule has 160 valence electrons. The van der Waals surface area contributed by atoms with Gasteiger partial charge in [0.15, 0.2) is 0 Å². The fourth-order valence-electron chi connectivity index (χ4n) is 4.48. The van der Waals surface area contributed by atoms with Crippen molar-refractivity contribution in [1.29, 1.82) is 0 Å². The van der Waals surface area contributed by atoms with Crippen molar-refractivity contribution in [3.05, 3.63) is 21.9 Å². The van der Waals surface area contributed by atoms with E-state index in [2.05, 4.69) is 10.6 Å². The number of rotatable bonds is 5. The first kappa shape index (κ1) is 20.7. The zero-order valence-electron chi connectivity index (χ0n) is 16.8. The Kier molecular flexibility index (Phi) is 5.93. The first-order chi connectivity index (χ1) is 13.8. The Morgan fingerprint density at radius 1 is 1.14 bits per heavy atom. The van der Waals surface area contributed by atoms with Gasteiger partial charge in [0, 0.05) is 67.2 Å². The molecule has 3 aliphatic rings. The van der Waals surface area contributed by atoms with E-state index in [1.807, 2.05) is 16.3 Å². The quantitative estimate of drug-likeness (QED) is 0.759. The third-order valence-electron chi connectivity index (χ3n) is 6.48. The van der Waals surface area contributed by atoms with E-state index >= 15 is 0 Å². The van der Waals surface area contributed by atoms with Crippen LogP contribution in [-0.4, -0.2) is 53.9 Å². The largest absolute Gasteiger partial charge is 0.349 e. The second kappa shape index (κ2) is 8.30. The summed E-state index contributed by atoms with van der Waals surface area (Å²) in [7, 11) is 0. The van der Waals surface area contributed by atoms with Gasteiger partial charge in [0.05, 0.1) is 5.56 Å². The monoisotopic (exact) mass is 425 g/mol. The lowest BCUT2D eigenvalue weighted by atomic mass is 9.92. The van der Waals surface area contributed by atoms with Gasteiger partial charge < -0.3 is 15.5 Å². The van der Waals surface area contributed by atoms with Crippen LogP contribution in [0.3, 0.4) is 0 Å². The Labute approximate surface area is 174 Å². The van der Waals surface area contributed by atoms with Gasteiger partial charge in [-0.15, -0.1) is 11.3 Å². The standard InChI is InChI=1S/C21H29F2N3O2S/c1-13(27)26-8-4-16(5-9-26)24-18-11-17(18)19-10-14(12-29-19)20(28)25-15-2-6-21(22,23)7-3-15/h10,12,15-18,24H,2-9,11H2,1H3,(H,25,28)/t17-,18+/m0/s1. The lowest BCUT2D eigenvalue weighted by Gasteiger charge is -2.32. The zero-order valence-corrected chi connectivity index (χ0v) is 17.6. The van der Waals surface area contributed by atoms with Gasteiger partial charge in [0.25, 0.3) is 5.91 Å². The zero-order chi connectivity index (χ0) is 20.6. The molecule has 29 heavy (non-hydrogen) atoms. The molecule has 4 rings (SSSR count). The van der Waals surface area contributed by atoms with Crippen molar-refractivity contribution in [2.75, 3.05) is 13.1 Å². The van der Waals surface area contributed by atoms with E-state index in [9.17, 15) is 18.4 Å². The third-order valence-corrected chi connectivity index (χ3v) is 7.54. The van der Waals surface area contributed by atoms with Crippen molar-refractivity contribution in [3.8, 4) is 0 Å². The molecule has 0 bridgehead atoms. The van der Waals surface area contributed by atoms with Crippen molar-refractivity contribution >= 4 is 23.2 Å². The number of alkyl halides is 2. The van der Waals surface area contributed by atoms with Crippen molar-refractivity contribution in [3.63, 3.8) is 0 Å². The Morgan fingerprint density at radius 2 is 1.83 bits per heavy atom. The molecule has 2 atom stereocenters. The van der Waals surface area contributed by atoms with Crippen molar-refractivity contribution in [1.82, 2.24) is 15.5 Å². The first-order valence-corrected chi connectivity index (χ1v) is 11.5. The maximum absolute atomic E-state index is 13.3. The van der Waals surface area contributed by atoms with Crippen molar-refractivity contribution in [2.24, 2.45) is 0 Å². The summed E-state index contributed by atoms with van der Waals surface area (Å²) in [6.07, 6.45) is 3.44. The molecular formula is C21H29F2N3O2S. The van der Waals surface area contributed by atoms with E-state index in [0.29, 0.717) is 36.4 Å². The summed E-state index contributed by atoms with van der Waals surface area (Å²) in [6, 6.07) is 2.70. The maximum Gasteiger partial charge on any atom is 0.252 e. The number of halogens is 2. The van der Waals surface area contributed by atoms with E-state index in [-0.39, 0.29) is 30.7 Å². The van der Waals surface area contributed by atoms with Crippen LogP contribution in [0.15, 0.2) is 11.4 Å². The minimum Gasteiger partial charge on any atom is -0.349 e. The van der Waals surface area contributed by atoms with E-state index in [4.69, 9.17) is 0 Å². The summed E-state index contributed by atoms with van der Waals surface area (Å²) in [5.74, 6) is -2.13. The number of likely N-dealkylation sites (tertiary alicyclic amines) is 1. The van der Waals surface area contributed by atoms with Gasteiger partial charge in [-0.25, -0.2) is 8.78 Å². The minimum atomic E-state index is -2.58. The summed E-state index contributed by atoms with van der Waals surface area (Å²) >= 11 is 1.61. The summed E-state index contributed by atoms with van der Waals surface area (Å²) in [5.41, 5.74) is 0.641. The molecule has 0 radical (unpaired) electrons. The number of carbonyl (C=O) groups excluding carboxylic acids is 2. The average Bonchev–Trinajstić information content (AvgIpc) is 3.26. The van der Waals surface area contributed by atoms with Crippen LogP contribution in [0.4, 0.5) is 8.78 Å². The summed E-state index contributed by atoms with van der Waals surface area (Å²) in [6.45, 7) is 3.26. The highest BCUT2D eigenvalue weighted by Gasteiger charge is 2.41. The summed E-state index contributed by atoms with van der Waals surface area (Å²) < 4.78 is 26.5. The molecular weight excluding hydrogens is 396 g/mol. The number of nitrogens with zero attached hydrogens (tertiary/aromatic N) is 1. The molecule has 0 aromatic carbocycles. The molecule has 0 spiro atoms. The molecule has 2 saturated carbocycles. The van der Waals surface area contributed by atoms with Gasteiger partial charge in [-0.05, 0) is 38.2 Å². The smallest absolute Gasteiger partial charge is 0.252 e. The van der Waals surface area contributed by atoms with Crippen LogP contribution in [0.2, 0.25) is 0 Å². The van der Waals surface area contributed by atoms with E-state index in [1.54, 1.807) is 18.3 Å². The number of nitrogens with one attached hydrogen (secondary N) is 2. The lowest BCUT2D eigenvalue weighted by Crippen LogP contribution is -2.45. The topological polar surface area (TPSA) is 61.4 Å². The Hall–Kier alpha value is -1.54. The molecule has 3 fully saturated rings. The Bertz CT molecular complexity index is 751. The number of piperidine rings is 1. The van der Waals surface area contributed by atoms with Crippen LogP contribution in [0, 0.1) is 0 Å². The molecule has 8 heteroatoms. The van der Waals surface area contributed by atoms with Gasteiger partial charge in [0.2, 0.25) is 11.8 Å². The molecule has 0 unspecified atom stereocenters. The minimum absolute atomic E-state index is 0.145. The summed E-state index contributed by atoms with van der Waals surface area (Å²) in [4.78, 5) is 27.0. The molecule has 1 aliphatic heterocycles. The number of carbonyl (C=O) groups is 2. The highest BCUT2D eigenvalue weighted by molar-refractivity contribution is 7.10. The van der Waals surface area contributed by atoms with Crippen LogP contribution < -0.4 is 10.6 Å². The van der Waals surface area contributed by atoms with Crippen molar-refractivity contribution in [2.45, 2.75) is 81.8 Å². The van der Waals surface area contributed by atoms with E-state index < -0.39 is 5.92 Å². The third kappa shape index (κ3) is 5.15. The molecule has 2 N–H and O–H groups in total. The van der Waals surface area contributed by atoms with Gasteiger partial charge in [-0.3, -0.25) is 9.59 Å². The second-order valence-corrected chi connectivity index (χ2v) is 9.68. The number of hydrogen-bond acceptors (Lipinski definition) is 4. The van der Waals surface area contributed by atoms with Gasteiger partial charge in [0.1, 0.15) is 0 Å². The van der Waals surface area contributed by atoms with Crippen LogP contribution in [-0.2, 0) is 4.79 Å². The predicted molar refractivity (Wildman–Crippen MR) is 109 cm³/mol. The number of amides is 2. The fourth-order valence-corrected chi connectivity index (χ4v) is 5.55. The van der Waals surface area contributed by atoms with Gasteiger partial charge >= 0.3 is 0 Å². The van der Waals surface area contributed by atoms with Crippen LogP contribution in [0.5, 0.6) is 0 Å². The van der Waals surface area contributed by atoms with Gasteiger partial charge in [-0.2, -0.15) is 0 Å². The van der Waals surface area contributed by atoms with E-state index in [0.717, 1.165) is 32.4 Å². The summed E-state index contributed by atoms with van der Waals surface area (Å²) in [5, 5.41) is 8.51. The van der Waals surface area contributed by atoms with Crippen molar-refractivity contribution < 1.29 is 18.4 Å². The lowest BCUT2D eigenvalue weighted by molar-refractivity contribution is -0.129. The molecule has 2 heterocycles. The highest BCUT2D eigenvalue weighted by Crippen LogP contribution is 2.44. The maximum atomic E-state index is 13.3. The normalized spacial score (nSPS) is 27.6. The van der Waals surface area contributed by atoms with Crippen LogP contribution in [0.1, 0.15) is 73.0 Å². The molecule has 2 aliphatic carbocycles. The molecule has 1 aromatic heterocycles. The first-order valence-electron chi connectivity index (χ1n) is 10.6. The number of thiophene rings is 1. The van der Waals surface area contributed by atoms with Gasteiger partial charge in [-0.1, -0.05) is 0 Å². The highest BCUT2D eigenvalue weighted by atomic mass is 32.1. The molecule has 5 nitrogen and oxygen atoms in total. The molecule has 1 saturated heterocycles. The second-order valence-electron chi connectivity index (χ2n) is 8.74. The van der Waals surface area contributed by atoms with E-state index in [1.165, 1.54) is 4.88 Å². The van der Waals surface area contributed by atoms with Crippen LogP contribution >= 0.6 is 11.3 Å². The number of hydrogen-bond donors (Lipinski definition) is 2. The predicted octanol–water partition coefficient (Wildman–Crippen LogP) is 3.51. The molecule has 1 aromatic rings.